The number of hydrogen-bond acceptors (Lipinski definition) is 3. The highest BCUT2D eigenvalue weighted by Crippen LogP contribution is 2.25. The molecule has 0 aromatic carbocycles. The Morgan fingerprint density at radius 1 is 1.53 bits per heavy atom. The third kappa shape index (κ3) is 4.29. The van der Waals surface area contributed by atoms with Gasteiger partial charge in [0.25, 0.3) is 5.91 Å². The lowest BCUT2D eigenvalue weighted by atomic mass is 10.3. The molecule has 1 aromatic heterocycles. The molecule has 1 aromatic rings. The summed E-state index contributed by atoms with van der Waals surface area (Å²) in [5, 5.41) is 10.3. The van der Waals surface area contributed by atoms with Gasteiger partial charge < -0.3 is 10.0 Å². The number of nitrogens with zero attached hydrogens (tertiary/aromatic N) is 1. The molecule has 0 aliphatic rings. The molecule has 0 spiro atoms. The Morgan fingerprint density at radius 2 is 2.18 bits per heavy atom. The number of carbonyl (C=O) groups is 1. The molecule has 17 heavy (non-hydrogen) atoms. The molecule has 0 fully saturated rings. The molecular weight excluding hydrogens is 323 g/mol. The average molecular weight is 332 g/mol. The molecule has 1 N–H and O–H groups in total. The van der Waals surface area contributed by atoms with Gasteiger partial charge in [0.2, 0.25) is 0 Å². The molecule has 0 bridgehead atoms. The Bertz CT molecular complexity index is 394. The van der Waals surface area contributed by atoms with Crippen LogP contribution in [0, 0.1) is 0 Å². The van der Waals surface area contributed by atoms with E-state index in [0.29, 0.717) is 9.37 Å². The van der Waals surface area contributed by atoms with Gasteiger partial charge in [-0.15, -0.1) is 11.3 Å². The number of rotatable bonds is 4. The zero-order valence-corrected chi connectivity index (χ0v) is 10.9. The summed E-state index contributed by atoms with van der Waals surface area (Å²) in [4.78, 5) is 12.6. The van der Waals surface area contributed by atoms with Gasteiger partial charge in [-0.05, 0) is 27.4 Å². The molecule has 1 heterocycles. The van der Waals surface area contributed by atoms with E-state index in [0.717, 1.165) is 11.3 Å². The second kappa shape index (κ2) is 5.83. The van der Waals surface area contributed by atoms with Crippen molar-refractivity contribution in [3.05, 3.63) is 20.8 Å². The summed E-state index contributed by atoms with van der Waals surface area (Å²) < 4.78 is 37.2. The van der Waals surface area contributed by atoms with Gasteiger partial charge in [0, 0.05) is 11.0 Å². The van der Waals surface area contributed by atoms with Crippen molar-refractivity contribution in [1.29, 1.82) is 0 Å². The second-order valence-corrected chi connectivity index (χ2v) is 4.93. The molecule has 0 aliphatic carbocycles. The van der Waals surface area contributed by atoms with Crippen LogP contribution in [0.5, 0.6) is 0 Å². The van der Waals surface area contributed by atoms with Crippen molar-refractivity contribution in [2.75, 3.05) is 19.7 Å². The van der Waals surface area contributed by atoms with Gasteiger partial charge in [-0.3, -0.25) is 4.79 Å². The van der Waals surface area contributed by atoms with Crippen LogP contribution >= 0.6 is 27.3 Å². The van der Waals surface area contributed by atoms with Crippen molar-refractivity contribution in [3.63, 3.8) is 0 Å². The minimum absolute atomic E-state index is 0.197. The fourth-order valence-corrected chi connectivity index (χ4v) is 2.69. The molecule has 0 saturated heterocycles. The van der Waals surface area contributed by atoms with E-state index in [4.69, 9.17) is 5.11 Å². The number of aliphatic hydroxyl groups excluding tert-OH is 1. The number of amides is 1. The predicted molar refractivity (Wildman–Crippen MR) is 61.1 cm³/mol. The van der Waals surface area contributed by atoms with Crippen LogP contribution in [0.3, 0.4) is 0 Å². The molecule has 0 atom stereocenters. The third-order valence-corrected chi connectivity index (χ3v) is 3.66. The van der Waals surface area contributed by atoms with Crippen molar-refractivity contribution in [3.8, 4) is 0 Å². The summed E-state index contributed by atoms with van der Waals surface area (Å²) in [6.45, 7) is -2.22. The predicted octanol–water partition coefficient (Wildman–Crippen LogP) is 2.51. The van der Waals surface area contributed by atoms with E-state index < -0.39 is 25.2 Å². The largest absolute Gasteiger partial charge is 0.406 e. The van der Waals surface area contributed by atoms with Crippen LogP contribution < -0.4 is 0 Å². The maximum Gasteiger partial charge on any atom is 0.406 e. The minimum atomic E-state index is -4.48. The normalized spacial score (nSPS) is 11.6. The van der Waals surface area contributed by atoms with E-state index in [1.165, 1.54) is 0 Å². The quantitative estimate of drug-likeness (QED) is 0.920. The standard InChI is InChI=1S/C9H9BrF3NO2S/c10-6-1-4-17-7(6)8(16)14(2-3-15)5-9(11,12)13/h1,4,15H,2-3,5H2. The van der Waals surface area contributed by atoms with E-state index in [9.17, 15) is 18.0 Å². The van der Waals surface area contributed by atoms with Gasteiger partial charge >= 0.3 is 6.18 Å². The Balaban J connectivity index is 2.84. The Morgan fingerprint density at radius 3 is 2.59 bits per heavy atom. The van der Waals surface area contributed by atoms with Crippen molar-refractivity contribution < 1.29 is 23.1 Å². The number of alkyl halides is 3. The summed E-state index contributed by atoms with van der Waals surface area (Å²) in [7, 11) is 0. The maximum atomic E-state index is 12.2. The fraction of sp³-hybridized carbons (Fsp3) is 0.444. The zero-order chi connectivity index (χ0) is 13.1. The number of aliphatic hydroxyl groups is 1. The van der Waals surface area contributed by atoms with E-state index in [-0.39, 0.29) is 11.4 Å². The summed E-state index contributed by atoms with van der Waals surface area (Å²) in [5.74, 6) is -0.738. The zero-order valence-electron chi connectivity index (χ0n) is 8.50. The van der Waals surface area contributed by atoms with Crippen LogP contribution in [0.4, 0.5) is 13.2 Å². The maximum absolute atomic E-state index is 12.2. The highest BCUT2D eigenvalue weighted by Gasteiger charge is 2.33. The SMILES string of the molecule is O=C(c1sccc1Br)N(CCO)CC(F)(F)F. The number of halogens is 4. The number of hydrogen-bond donors (Lipinski definition) is 1. The van der Waals surface area contributed by atoms with Crippen molar-refractivity contribution >= 4 is 33.2 Å². The summed E-state index contributed by atoms with van der Waals surface area (Å²) in [6.07, 6.45) is -4.48. The van der Waals surface area contributed by atoms with Crippen molar-refractivity contribution in [1.82, 2.24) is 4.90 Å². The lowest BCUT2D eigenvalue weighted by Gasteiger charge is -2.22. The lowest BCUT2D eigenvalue weighted by Crippen LogP contribution is -2.40. The van der Waals surface area contributed by atoms with Crippen LogP contribution in [0.25, 0.3) is 0 Å². The highest BCUT2D eigenvalue weighted by atomic mass is 79.9. The highest BCUT2D eigenvalue weighted by molar-refractivity contribution is 9.10. The molecule has 8 heteroatoms. The van der Waals surface area contributed by atoms with Gasteiger partial charge in [0.15, 0.2) is 0 Å². The minimum Gasteiger partial charge on any atom is -0.395 e. The third-order valence-electron chi connectivity index (χ3n) is 1.84. The Hall–Kier alpha value is -0.600. The smallest absolute Gasteiger partial charge is 0.395 e. The molecule has 1 rings (SSSR count). The first kappa shape index (κ1) is 14.5. The molecule has 0 unspecified atom stereocenters. The molecule has 96 valence electrons. The molecular formula is C9H9BrF3NO2S. The molecule has 3 nitrogen and oxygen atoms in total. The topological polar surface area (TPSA) is 40.5 Å². The van der Waals surface area contributed by atoms with E-state index in [1.54, 1.807) is 11.4 Å². The van der Waals surface area contributed by atoms with Crippen LogP contribution in [-0.4, -0.2) is 41.8 Å². The van der Waals surface area contributed by atoms with Crippen LogP contribution in [0.2, 0.25) is 0 Å². The van der Waals surface area contributed by atoms with Gasteiger partial charge in [0.05, 0.1) is 6.61 Å². The van der Waals surface area contributed by atoms with Gasteiger partial charge in [-0.1, -0.05) is 0 Å². The van der Waals surface area contributed by atoms with Gasteiger partial charge in [-0.25, -0.2) is 0 Å². The van der Waals surface area contributed by atoms with E-state index in [2.05, 4.69) is 15.9 Å². The van der Waals surface area contributed by atoms with Crippen LogP contribution in [0.15, 0.2) is 15.9 Å². The monoisotopic (exact) mass is 331 g/mol. The molecule has 0 saturated carbocycles. The molecule has 0 radical (unpaired) electrons. The first-order chi connectivity index (χ1) is 7.85. The molecule has 0 aliphatic heterocycles. The first-order valence-corrected chi connectivity index (χ1v) is 6.22. The Labute approximate surface area is 108 Å². The summed E-state index contributed by atoms with van der Waals surface area (Å²) >= 11 is 4.14. The Kier molecular flexibility index (Phi) is 4.96. The summed E-state index contributed by atoms with van der Waals surface area (Å²) in [6, 6.07) is 1.59. The van der Waals surface area contributed by atoms with Crippen molar-refractivity contribution in [2.24, 2.45) is 0 Å². The van der Waals surface area contributed by atoms with Crippen molar-refractivity contribution in [2.45, 2.75) is 6.18 Å². The fourth-order valence-electron chi connectivity index (χ4n) is 1.18. The summed E-state index contributed by atoms with van der Waals surface area (Å²) in [5.41, 5.74) is 0. The van der Waals surface area contributed by atoms with Crippen LogP contribution in [-0.2, 0) is 0 Å². The van der Waals surface area contributed by atoms with Gasteiger partial charge in [-0.2, -0.15) is 13.2 Å². The average Bonchev–Trinajstić information content (AvgIpc) is 2.61. The van der Waals surface area contributed by atoms with Crippen LogP contribution in [0.1, 0.15) is 9.67 Å². The first-order valence-electron chi connectivity index (χ1n) is 4.55. The number of thiophene rings is 1. The van der Waals surface area contributed by atoms with Gasteiger partial charge in [0.1, 0.15) is 11.4 Å². The van der Waals surface area contributed by atoms with E-state index in [1.807, 2.05) is 0 Å². The lowest BCUT2D eigenvalue weighted by molar-refractivity contribution is -0.141. The van der Waals surface area contributed by atoms with E-state index >= 15 is 0 Å². The second-order valence-electron chi connectivity index (χ2n) is 3.16. The molecule has 1 amide bonds. The number of carbonyl (C=O) groups excluding carboxylic acids is 1.